The van der Waals surface area contributed by atoms with Crippen molar-refractivity contribution >= 4 is 35.6 Å². The second kappa shape index (κ2) is 5.89. The molecule has 19 heavy (non-hydrogen) atoms. The fourth-order valence-corrected chi connectivity index (χ4v) is 2.15. The van der Waals surface area contributed by atoms with Crippen LogP contribution in [0.3, 0.4) is 0 Å². The molecule has 0 aliphatic rings. The predicted molar refractivity (Wildman–Crippen MR) is 71.9 cm³/mol. The molecule has 0 unspecified atom stereocenters. The lowest BCUT2D eigenvalue weighted by molar-refractivity contribution is -0.402. The van der Waals surface area contributed by atoms with Crippen LogP contribution in [-0.2, 0) is 0 Å². The van der Waals surface area contributed by atoms with Gasteiger partial charge in [0.15, 0.2) is 5.76 Å². The van der Waals surface area contributed by atoms with Gasteiger partial charge < -0.3 is 4.42 Å². The summed E-state index contributed by atoms with van der Waals surface area (Å²) in [4.78, 5) is 9.88. The van der Waals surface area contributed by atoms with E-state index in [1.165, 1.54) is 41.9 Å². The molecule has 0 aliphatic carbocycles. The number of thioether (sulfide) groups is 2. The number of nitro groups is 1. The lowest BCUT2D eigenvalue weighted by Gasteiger charge is -1.98. The van der Waals surface area contributed by atoms with Crippen LogP contribution in [0, 0.1) is 10.1 Å². The largest absolute Gasteiger partial charge is 0.433 e. The maximum Gasteiger partial charge on any atom is 0.433 e. The fraction of sp³-hybridized carbons (Fsp3) is 0.222. The Labute approximate surface area is 116 Å². The van der Waals surface area contributed by atoms with Gasteiger partial charge in [-0.25, -0.2) is 0 Å². The van der Waals surface area contributed by atoms with E-state index >= 15 is 0 Å². The molecule has 0 atom stereocenters. The maximum absolute atomic E-state index is 10.5. The van der Waals surface area contributed by atoms with Gasteiger partial charge in [-0.2, -0.15) is 9.78 Å². The molecular weight excluding hydrogens is 290 g/mol. The molecule has 2 rings (SSSR count). The van der Waals surface area contributed by atoms with Crippen molar-refractivity contribution in [1.82, 2.24) is 14.9 Å². The number of hydrogen-bond donors (Lipinski definition) is 0. The molecular formula is C9H9N5O3S2. The van der Waals surface area contributed by atoms with Gasteiger partial charge in [0.2, 0.25) is 10.3 Å². The first-order chi connectivity index (χ1) is 9.15. The molecule has 0 saturated carbocycles. The van der Waals surface area contributed by atoms with E-state index in [4.69, 9.17) is 4.42 Å². The van der Waals surface area contributed by atoms with Crippen LogP contribution in [0.25, 0.3) is 0 Å². The smallest absolute Gasteiger partial charge is 0.400 e. The average Bonchev–Trinajstić information content (AvgIpc) is 3.02. The molecule has 0 N–H and O–H groups in total. The standard InChI is InChI=1S/C9H9N5O3S2/c1-18-8-11-12-9(19-2)13(8)10-5-6-3-4-7(17-6)14(15)16/h3-5H,1-2H3/b10-5-. The molecule has 0 bridgehead atoms. The Balaban J connectivity index is 2.26. The Hall–Kier alpha value is -1.81. The molecule has 2 aromatic heterocycles. The molecule has 0 radical (unpaired) electrons. The van der Waals surface area contributed by atoms with Crippen LogP contribution in [0.4, 0.5) is 5.88 Å². The van der Waals surface area contributed by atoms with Crippen LogP contribution in [0.15, 0.2) is 32.0 Å². The van der Waals surface area contributed by atoms with Gasteiger partial charge in [0, 0.05) is 0 Å². The van der Waals surface area contributed by atoms with Crippen molar-refractivity contribution < 1.29 is 9.34 Å². The summed E-state index contributed by atoms with van der Waals surface area (Å²) in [7, 11) is 0. The summed E-state index contributed by atoms with van der Waals surface area (Å²) in [6, 6.07) is 2.75. The van der Waals surface area contributed by atoms with Gasteiger partial charge in [0.1, 0.15) is 4.92 Å². The second-order valence-corrected chi connectivity index (χ2v) is 4.71. The number of nitrogens with zero attached hydrogens (tertiary/aromatic N) is 5. The molecule has 100 valence electrons. The topological polar surface area (TPSA) is 99.3 Å². The Morgan fingerprint density at radius 2 is 2.00 bits per heavy atom. The summed E-state index contributed by atoms with van der Waals surface area (Å²) in [5.41, 5.74) is 0. The monoisotopic (exact) mass is 299 g/mol. The van der Waals surface area contributed by atoms with E-state index in [1.807, 2.05) is 12.5 Å². The molecule has 0 fully saturated rings. The molecule has 0 spiro atoms. The van der Waals surface area contributed by atoms with Crippen molar-refractivity contribution in [1.29, 1.82) is 0 Å². The van der Waals surface area contributed by atoms with Gasteiger partial charge in [-0.1, -0.05) is 23.5 Å². The molecule has 8 nitrogen and oxygen atoms in total. The fourth-order valence-electron chi connectivity index (χ4n) is 1.23. The minimum Gasteiger partial charge on any atom is -0.400 e. The number of rotatable bonds is 5. The van der Waals surface area contributed by atoms with Crippen molar-refractivity contribution in [3.8, 4) is 0 Å². The highest BCUT2D eigenvalue weighted by atomic mass is 32.2. The Morgan fingerprint density at radius 1 is 1.37 bits per heavy atom. The second-order valence-electron chi connectivity index (χ2n) is 3.16. The molecule has 10 heteroatoms. The van der Waals surface area contributed by atoms with Crippen LogP contribution < -0.4 is 0 Å². The highest BCUT2D eigenvalue weighted by Gasteiger charge is 2.12. The van der Waals surface area contributed by atoms with Crippen LogP contribution in [0.1, 0.15) is 5.76 Å². The summed E-state index contributed by atoms with van der Waals surface area (Å²) >= 11 is 2.80. The van der Waals surface area contributed by atoms with Gasteiger partial charge in [-0.05, 0) is 18.6 Å². The summed E-state index contributed by atoms with van der Waals surface area (Å²) in [5, 5.41) is 23.8. The Bertz CT molecular complexity index is 600. The lowest BCUT2D eigenvalue weighted by atomic mass is 10.5. The highest BCUT2D eigenvalue weighted by molar-refractivity contribution is 7.99. The first kappa shape index (κ1) is 13.6. The van der Waals surface area contributed by atoms with E-state index in [-0.39, 0.29) is 5.88 Å². The lowest BCUT2D eigenvalue weighted by Crippen LogP contribution is -1.94. The maximum atomic E-state index is 10.5. The van der Waals surface area contributed by atoms with E-state index in [1.54, 1.807) is 4.68 Å². The quantitative estimate of drug-likeness (QED) is 0.361. The van der Waals surface area contributed by atoms with Gasteiger partial charge in [-0.15, -0.1) is 10.2 Å². The normalized spacial score (nSPS) is 11.3. The van der Waals surface area contributed by atoms with Gasteiger partial charge in [0.05, 0.1) is 12.3 Å². The van der Waals surface area contributed by atoms with Gasteiger partial charge in [-0.3, -0.25) is 10.1 Å². The third kappa shape index (κ3) is 2.96. The first-order valence-electron chi connectivity index (χ1n) is 4.97. The van der Waals surface area contributed by atoms with Crippen molar-refractivity contribution in [2.75, 3.05) is 12.5 Å². The average molecular weight is 299 g/mol. The third-order valence-electron chi connectivity index (χ3n) is 2.04. The molecule has 0 aromatic carbocycles. The summed E-state index contributed by atoms with van der Waals surface area (Å²) in [6.45, 7) is 0. The van der Waals surface area contributed by atoms with Crippen LogP contribution in [0.5, 0.6) is 0 Å². The van der Waals surface area contributed by atoms with Gasteiger partial charge >= 0.3 is 5.88 Å². The van der Waals surface area contributed by atoms with Crippen LogP contribution in [0.2, 0.25) is 0 Å². The van der Waals surface area contributed by atoms with E-state index in [0.29, 0.717) is 16.1 Å². The van der Waals surface area contributed by atoms with Crippen molar-refractivity contribution in [2.24, 2.45) is 5.10 Å². The number of aromatic nitrogens is 3. The molecule has 2 aromatic rings. The van der Waals surface area contributed by atoms with E-state index in [0.717, 1.165) is 0 Å². The van der Waals surface area contributed by atoms with Crippen LogP contribution in [-0.4, -0.2) is 38.5 Å². The Kier molecular flexibility index (Phi) is 4.22. The van der Waals surface area contributed by atoms with E-state index in [2.05, 4.69) is 15.3 Å². The van der Waals surface area contributed by atoms with Crippen molar-refractivity contribution in [3.05, 3.63) is 28.0 Å². The summed E-state index contributed by atoms with van der Waals surface area (Å²) < 4.78 is 6.52. The first-order valence-corrected chi connectivity index (χ1v) is 7.42. The zero-order chi connectivity index (χ0) is 13.8. The van der Waals surface area contributed by atoms with E-state index in [9.17, 15) is 10.1 Å². The zero-order valence-electron chi connectivity index (χ0n) is 10.0. The number of furan rings is 1. The molecule has 2 heterocycles. The van der Waals surface area contributed by atoms with Crippen molar-refractivity contribution in [2.45, 2.75) is 10.3 Å². The molecule has 0 amide bonds. The van der Waals surface area contributed by atoms with Gasteiger partial charge in [0.25, 0.3) is 0 Å². The van der Waals surface area contributed by atoms with E-state index < -0.39 is 4.92 Å². The third-order valence-corrected chi connectivity index (χ3v) is 3.28. The number of hydrogen-bond acceptors (Lipinski definition) is 8. The highest BCUT2D eigenvalue weighted by Crippen LogP contribution is 2.20. The predicted octanol–water partition coefficient (Wildman–Crippen LogP) is 2.11. The van der Waals surface area contributed by atoms with Crippen LogP contribution >= 0.6 is 23.5 Å². The minimum atomic E-state index is -0.600. The van der Waals surface area contributed by atoms with Crippen molar-refractivity contribution in [3.63, 3.8) is 0 Å². The summed E-state index contributed by atoms with van der Waals surface area (Å²) in [6.07, 6.45) is 5.10. The molecule has 0 aliphatic heterocycles. The molecule has 0 saturated heterocycles. The summed E-state index contributed by atoms with van der Waals surface area (Å²) in [5.74, 6) is -0.0279. The SMILES string of the molecule is CSc1nnc(SC)n1/N=C\c1ccc([N+](=O)[O-])o1. The minimum absolute atomic E-state index is 0.291. The zero-order valence-corrected chi connectivity index (χ0v) is 11.6. The Morgan fingerprint density at radius 3 is 2.47 bits per heavy atom.